The fourth-order valence-corrected chi connectivity index (χ4v) is 3.74. The molecule has 0 aromatic heterocycles. The van der Waals surface area contributed by atoms with Gasteiger partial charge in [0.15, 0.2) is 0 Å². The minimum atomic E-state index is 0.860. The van der Waals surface area contributed by atoms with Crippen molar-refractivity contribution in [2.24, 2.45) is 17.8 Å². The second-order valence-corrected chi connectivity index (χ2v) is 7.71. The van der Waals surface area contributed by atoms with E-state index in [1.165, 1.54) is 44.9 Å². The van der Waals surface area contributed by atoms with Crippen molar-refractivity contribution in [1.29, 1.82) is 0 Å². The summed E-state index contributed by atoms with van der Waals surface area (Å²) in [5.74, 6) is 3.08. The van der Waals surface area contributed by atoms with E-state index in [1.54, 1.807) is 0 Å². The van der Waals surface area contributed by atoms with Crippen LogP contribution < -0.4 is 0 Å². The Hall–Kier alpha value is 0.730. The maximum Gasteiger partial charge on any atom is 0.00840 e. The van der Waals surface area contributed by atoms with Gasteiger partial charge in [-0.05, 0) is 37.0 Å². The van der Waals surface area contributed by atoms with E-state index in [0.717, 1.165) is 21.7 Å². The van der Waals surface area contributed by atoms with Crippen molar-refractivity contribution in [3.05, 3.63) is 0 Å². The van der Waals surface area contributed by atoms with Gasteiger partial charge in [0, 0.05) is 3.92 Å². The molecule has 2 atom stereocenters. The molecule has 0 heterocycles. The molecule has 0 nitrogen and oxygen atoms in total. The summed E-state index contributed by atoms with van der Waals surface area (Å²) in [7, 11) is 0. The van der Waals surface area contributed by atoms with E-state index in [9.17, 15) is 0 Å². The number of alkyl halides is 1. The van der Waals surface area contributed by atoms with Crippen LogP contribution in [0.4, 0.5) is 0 Å². The first kappa shape index (κ1) is 13.8. The van der Waals surface area contributed by atoms with Gasteiger partial charge in [0.1, 0.15) is 0 Å². The van der Waals surface area contributed by atoms with Gasteiger partial charge < -0.3 is 0 Å². The molecule has 0 bridgehead atoms. The molecule has 0 spiro atoms. The number of hydrogen-bond donors (Lipinski definition) is 0. The van der Waals surface area contributed by atoms with E-state index in [0.29, 0.717) is 0 Å². The summed E-state index contributed by atoms with van der Waals surface area (Å²) < 4.78 is 0.860. The smallest absolute Gasteiger partial charge is 0.00840 e. The second kappa shape index (κ2) is 7.13. The fraction of sp³-hybridized carbons (Fsp3) is 1.00. The standard InChI is InChI=1S/C14H27I/c1-4-5-14(10-12(3)15)13-8-6-11(2)7-9-13/h11-14H,4-10H2,1-3H3. The van der Waals surface area contributed by atoms with Crippen molar-refractivity contribution in [2.75, 3.05) is 0 Å². The van der Waals surface area contributed by atoms with E-state index >= 15 is 0 Å². The Bertz CT molecular complexity index is 157. The van der Waals surface area contributed by atoms with Crippen molar-refractivity contribution >= 4 is 22.6 Å². The molecule has 0 saturated heterocycles. The first-order valence-electron chi connectivity index (χ1n) is 6.77. The van der Waals surface area contributed by atoms with Crippen molar-refractivity contribution in [3.8, 4) is 0 Å². The summed E-state index contributed by atoms with van der Waals surface area (Å²) in [4.78, 5) is 0. The lowest BCUT2D eigenvalue weighted by Gasteiger charge is -2.33. The van der Waals surface area contributed by atoms with Crippen LogP contribution in [0.1, 0.15) is 65.7 Å². The minimum Gasteiger partial charge on any atom is -0.0829 e. The van der Waals surface area contributed by atoms with Gasteiger partial charge in [-0.15, -0.1) is 0 Å². The quantitative estimate of drug-likeness (QED) is 0.467. The zero-order valence-corrected chi connectivity index (χ0v) is 12.8. The molecule has 90 valence electrons. The predicted octanol–water partition coefficient (Wildman–Crippen LogP) is 5.44. The van der Waals surface area contributed by atoms with Crippen molar-refractivity contribution < 1.29 is 0 Å². The van der Waals surface area contributed by atoms with Crippen LogP contribution in [0, 0.1) is 17.8 Å². The summed E-state index contributed by atoms with van der Waals surface area (Å²) >= 11 is 2.60. The highest BCUT2D eigenvalue weighted by Crippen LogP contribution is 2.37. The van der Waals surface area contributed by atoms with E-state index < -0.39 is 0 Å². The Morgan fingerprint density at radius 1 is 1.20 bits per heavy atom. The normalized spacial score (nSPS) is 31.2. The van der Waals surface area contributed by atoms with E-state index in [2.05, 4.69) is 43.4 Å². The molecule has 15 heavy (non-hydrogen) atoms. The van der Waals surface area contributed by atoms with Crippen molar-refractivity contribution in [3.63, 3.8) is 0 Å². The zero-order valence-electron chi connectivity index (χ0n) is 10.6. The number of halogens is 1. The van der Waals surface area contributed by atoms with Crippen LogP contribution in [0.3, 0.4) is 0 Å². The van der Waals surface area contributed by atoms with Crippen LogP contribution >= 0.6 is 22.6 Å². The monoisotopic (exact) mass is 322 g/mol. The van der Waals surface area contributed by atoms with Gasteiger partial charge in [-0.1, -0.05) is 69.0 Å². The lowest BCUT2D eigenvalue weighted by atomic mass is 9.73. The molecule has 1 rings (SSSR count). The highest BCUT2D eigenvalue weighted by atomic mass is 127. The molecule has 0 aromatic rings. The second-order valence-electron chi connectivity index (χ2n) is 5.59. The first-order chi connectivity index (χ1) is 7.13. The molecule has 2 unspecified atom stereocenters. The van der Waals surface area contributed by atoms with Gasteiger partial charge in [-0.2, -0.15) is 0 Å². The molecule has 1 saturated carbocycles. The first-order valence-corrected chi connectivity index (χ1v) is 8.02. The maximum absolute atomic E-state index is 2.60. The summed E-state index contributed by atoms with van der Waals surface area (Å²) in [6.45, 7) is 7.14. The van der Waals surface area contributed by atoms with Crippen LogP contribution in [0.15, 0.2) is 0 Å². The summed E-state index contributed by atoms with van der Waals surface area (Å²) in [6, 6.07) is 0. The summed E-state index contributed by atoms with van der Waals surface area (Å²) in [6.07, 6.45) is 10.3. The highest BCUT2D eigenvalue weighted by Gasteiger charge is 2.26. The molecule has 1 heteroatoms. The molecule has 0 N–H and O–H groups in total. The van der Waals surface area contributed by atoms with Crippen molar-refractivity contribution in [1.82, 2.24) is 0 Å². The Morgan fingerprint density at radius 3 is 2.27 bits per heavy atom. The van der Waals surface area contributed by atoms with E-state index in [-0.39, 0.29) is 0 Å². The topological polar surface area (TPSA) is 0 Å². The Morgan fingerprint density at radius 2 is 1.80 bits per heavy atom. The molecular formula is C14H27I. The molecule has 1 fully saturated rings. The number of hydrogen-bond acceptors (Lipinski definition) is 0. The zero-order chi connectivity index (χ0) is 11.3. The molecule has 0 radical (unpaired) electrons. The van der Waals surface area contributed by atoms with Gasteiger partial charge in [0.2, 0.25) is 0 Å². The molecule has 1 aliphatic rings. The average molecular weight is 322 g/mol. The summed E-state index contributed by atoms with van der Waals surface area (Å²) in [5, 5.41) is 0. The van der Waals surface area contributed by atoms with Crippen LogP contribution in [-0.2, 0) is 0 Å². The molecule has 0 aromatic carbocycles. The lowest BCUT2D eigenvalue weighted by Crippen LogP contribution is -2.22. The Labute approximate surface area is 110 Å². The van der Waals surface area contributed by atoms with Gasteiger partial charge in [-0.25, -0.2) is 0 Å². The third kappa shape index (κ3) is 5.06. The Balaban J connectivity index is 2.40. The van der Waals surface area contributed by atoms with Crippen LogP contribution in [0.5, 0.6) is 0 Å². The average Bonchev–Trinajstić information content (AvgIpc) is 2.17. The van der Waals surface area contributed by atoms with Crippen LogP contribution in [0.2, 0.25) is 0 Å². The van der Waals surface area contributed by atoms with Gasteiger partial charge in [0.05, 0.1) is 0 Å². The fourth-order valence-electron chi connectivity index (χ4n) is 3.09. The summed E-state index contributed by atoms with van der Waals surface area (Å²) in [5.41, 5.74) is 0. The van der Waals surface area contributed by atoms with Gasteiger partial charge in [0.25, 0.3) is 0 Å². The molecule has 1 aliphatic carbocycles. The molecule has 0 amide bonds. The van der Waals surface area contributed by atoms with Gasteiger partial charge in [-0.3, -0.25) is 0 Å². The highest BCUT2D eigenvalue weighted by molar-refractivity contribution is 14.1. The van der Waals surface area contributed by atoms with Crippen LogP contribution in [0.25, 0.3) is 0 Å². The largest absolute Gasteiger partial charge is 0.0829 e. The molecular weight excluding hydrogens is 295 g/mol. The van der Waals surface area contributed by atoms with Crippen LogP contribution in [-0.4, -0.2) is 3.92 Å². The minimum absolute atomic E-state index is 0.860. The number of rotatable bonds is 5. The van der Waals surface area contributed by atoms with E-state index in [4.69, 9.17) is 0 Å². The van der Waals surface area contributed by atoms with E-state index in [1.807, 2.05) is 0 Å². The third-order valence-electron chi connectivity index (χ3n) is 4.01. The maximum atomic E-state index is 2.60. The van der Waals surface area contributed by atoms with Crippen molar-refractivity contribution in [2.45, 2.75) is 69.6 Å². The Kier molecular flexibility index (Phi) is 6.56. The molecule has 0 aliphatic heterocycles. The predicted molar refractivity (Wildman–Crippen MR) is 77.6 cm³/mol. The SMILES string of the molecule is CCCC(CC(C)I)C1CCC(C)CC1. The third-order valence-corrected chi connectivity index (χ3v) is 4.52. The lowest BCUT2D eigenvalue weighted by molar-refractivity contribution is 0.194. The van der Waals surface area contributed by atoms with Gasteiger partial charge >= 0.3 is 0 Å².